The van der Waals surface area contributed by atoms with E-state index in [1.807, 2.05) is 0 Å². The SMILES string of the molecule is c1ccc(-c2cc(-c3ccccc3)nc(-c3cccc4c3[Si]3(c5ccccc5-4)c4ccccc4-c4cccc(N(c5ccccc5)c5ccccc5)c43)n2)cc1. The Morgan fingerprint density at radius 3 is 1.29 bits per heavy atom. The first-order valence-electron chi connectivity index (χ1n) is 19.2. The molecule has 0 saturated heterocycles. The Kier molecular flexibility index (Phi) is 7.51. The van der Waals surface area contributed by atoms with Crippen molar-refractivity contribution in [3.63, 3.8) is 0 Å². The van der Waals surface area contributed by atoms with Crippen molar-refractivity contribution in [2.24, 2.45) is 0 Å². The van der Waals surface area contributed by atoms with Crippen LogP contribution in [0, 0.1) is 0 Å². The number of benzene rings is 8. The van der Waals surface area contributed by atoms with Crippen LogP contribution in [0.2, 0.25) is 0 Å². The molecule has 0 radical (unpaired) electrons. The summed E-state index contributed by atoms with van der Waals surface area (Å²) in [7, 11) is -3.07. The Hall–Kier alpha value is -7.14. The van der Waals surface area contributed by atoms with Gasteiger partial charge in [-0.15, -0.1) is 0 Å². The molecule has 3 heterocycles. The Morgan fingerprint density at radius 1 is 0.339 bits per heavy atom. The first kappa shape index (κ1) is 32.3. The molecular formula is C52H35N3Si. The fraction of sp³-hybridized carbons (Fsp3) is 0. The predicted octanol–water partition coefficient (Wildman–Crippen LogP) is 10.3. The number of hydrogen-bond donors (Lipinski definition) is 0. The summed E-state index contributed by atoms with van der Waals surface area (Å²) in [6, 6.07) is 76.8. The van der Waals surface area contributed by atoms with Gasteiger partial charge in [-0.25, -0.2) is 9.97 Å². The van der Waals surface area contributed by atoms with Crippen LogP contribution in [0.5, 0.6) is 0 Å². The topological polar surface area (TPSA) is 29.0 Å². The van der Waals surface area contributed by atoms with Crippen LogP contribution in [0.1, 0.15) is 0 Å². The van der Waals surface area contributed by atoms with Crippen LogP contribution in [0.4, 0.5) is 17.1 Å². The highest BCUT2D eigenvalue weighted by atomic mass is 28.3. The van der Waals surface area contributed by atoms with Crippen molar-refractivity contribution >= 4 is 45.9 Å². The predicted molar refractivity (Wildman–Crippen MR) is 235 cm³/mol. The zero-order valence-electron chi connectivity index (χ0n) is 30.5. The second-order valence-electron chi connectivity index (χ2n) is 14.5. The van der Waals surface area contributed by atoms with Crippen molar-refractivity contribution in [2.45, 2.75) is 0 Å². The summed E-state index contributed by atoms with van der Waals surface area (Å²) >= 11 is 0. The van der Waals surface area contributed by atoms with Crippen molar-refractivity contribution in [3.8, 4) is 56.2 Å². The van der Waals surface area contributed by atoms with E-state index in [-0.39, 0.29) is 0 Å². The van der Waals surface area contributed by atoms with Gasteiger partial charge in [-0.05, 0) is 79.4 Å². The van der Waals surface area contributed by atoms with Gasteiger partial charge in [0.2, 0.25) is 0 Å². The van der Waals surface area contributed by atoms with Crippen LogP contribution in [0.3, 0.4) is 0 Å². The van der Waals surface area contributed by atoms with Gasteiger partial charge in [-0.1, -0.05) is 176 Å². The van der Waals surface area contributed by atoms with E-state index in [2.05, 4.69) is 217 Å². The van der Waals surface area contributed by atoms with E-state index in [1.54, 1.807) is 0 Å². The highest BCUT2D eigenvalue weighted by molar-refractivity contribution is 7.25. The lowest BCUT2D eigenvalue weighted by atomic mass is 10.0. The largest absolute Gasteiger partial charge is 0.311 e. The lowest BCUT2D eigenvalue weighted by Gasteiger charge is -2.35. The van der Waals surface area contributed by atoms with E-state index >= 15 is 0 Å². The van der Waals surface area contributed by atoms with Crippen molar-refractivity contribution < 1.29 is 0 Å². The van der Waals surface area contributed by atoms with Gasteiger partial charge in [0.1, 0.15) is 0 Å². The molecule has 1 unspecified atom stereocenters. The minimum absolute atomic E-state index is 0.744. The second-order valence-corrected chi connectivity index (χ2v) is 18.0. The molecule has 0 N–H and O–H groups in total. The van der Waals surface area contributed by atoms with Crippen LogP contribution in [0.25, 0.3) is 56.2 Å². The maximum absolute atomic E-state index is 5.46. The summed E-state index contributed by atoms with van der Waals surface area (Å²) in [6.07, 6.45) is 0. The molecule has 0 saturated carbocycles. The number of hydrogen-bond acceptors (Lipinski definition) is 3. The molecular weight excluding hydrogens is 695 g/mol. The van der Waals surface area contributed by atoms with Gasteiger partial charge >= 0.3 is 0 Å². The number of para-hydroxylation sites is 2. The summed E-state index contributed by atoms with van der Waals surface area (Å²) in [5.74, 6) is 0.744. The fourth-order valence-electron chi connectivity index (χ4n) is 9.27. The second kappa shape index (κ2) is 13.0. The van der Waals surface area contributed by atoms with E-state index in [0.29, 0.717) is 0 Å². The number of fused-ring (bicyclic) bond motifs is 10. The molecule has 3 nitrogen and oxygen atoms in total. The molecule has 0 aliphatic carbocycles. The maximum atomic E-state index is 5.46. The molecule has 262 valence electrons. The molecule has 8 aromatic carbocycles. The van der Waals surface area contributed by atoms with E-state index < -0.39 is 8.07 Å². The molecule has 0 bridgehead atoms. The number of anilines is 3. The molecule has 56 heavy (non-hydrogen) atoms. The van der Waals surface area contributed by atoms with Crippen LogP contribution in [0.15, 0.2) is 212 Å². The van der Waals surface area contributed by atoms with Crippen LogP contribution in [-0.2, 0) is 0 Å². The van der Waals surface area contributed by atoms with E-state index in [4.69, 9.17) is 9.97 Å². The third kappa shape index (κ3) is 4.83. The highest BCUT2D eigenvalue weighted by Gasteiger charge is 2.56. The molecule has 1 atom stereocenters. The monoisotopic (exact) mass is 729 g/mol. The summed E-state index contributed by atoms with van der Waals surface area (Å²) in [5.41, 5.74) is 13.6. The van der Waals surface area contributed by atoms with E-state index in [0.717, 1.165) is 45.3 Å². The summed E-state index contributed by atoms with van der Waals surface area (Å²) < 4.78 is 0. The quantitative estimate of drug-likeness (QED) is 0.160. The smallest absolute Gasteiger partial charge is 0.185 e. The van der Waals surface area contributed by atoms with E-state index in [9.17, 15) is 0 Å². The number of nitrogens with zero attached hydrogens (tertiary/aromatic N) is 3. The minimum atomic E-state index is -3.07. The lowest BCUT2D eigenvalue weighted by molar-refractivity contribution is 1.19. The van der Waals surface area contributed by atoms with Crippen molar-refractivity contribution in [3.05, 3.63) is 212 Å². The minimum Gasteiger partial charge on any atom is -0.311 e. The molecule has 11 rings (SSSR count). The maximum Gasteiger partial charge on any atom is 0.185 e. The Balaban J connectivity index is 1.27. The summed E-state index contributed by atoms with van der Waals surface area (Å²) in [4.78, 5) is 13.4. The van der Waals surface area contributed by atoms with Gasteiger partial charge in [0.15, 0.2) is 13.9 Å². The Bertz CT molecular complexity index is 2800. The van der Waals surface area contributed by atoms with Gasteiger partial charge in [0, 0.05) is 33.8 Å². The lowest BCUT2D eigenvalue weighted by Crippen LogP contribution is -2.71. The third-order valence-electron chi connectivity index (χ3n) is 11.5. The normalized spacial score (nSPS) is 14.5. The third-order valence-corrected chi connectivity index (χ3v) is 16.5. The van der Waals surface area contributed by atoms with Gasteiger partial charge < -0.3 is 4.90 Å². The van der Waals surface area contributed by atoms with E-state index in [1.165, 1.54) is 48.7 Å². The van der Waals surface area contributed by atoms with Crippen LogP contribution >= 0.6 is 0 Å². The molecule has 1 spiro atoms. The van der Waals surface area contributed by atoms with Crippen molar-refractivity contribution in [1.29, 1.82) is 0 Å². The number of aromatic nitrogens is 2. The molecule has 1 aromatic heterocycles. The Labute approximate surface area is 327 Å². The first-order chi connectivity index (χ1) is 27.8. The average Bonchev–Trinajstić information content (AvgIpc) is 3.75. The fourth-order valence-corrected chi connectivity index (χ4v) is 15.3. The van der Waals surface area contributed by atoms with Gasteiger partial charge in [-0.2, -0.15) is 0 Å². The molecule has 9 aromatic rings. The zero-order valence-corrected chi connectivity index (χ0v) is 31.5. The first-order valence-corrected chi connectivity index (χ1v) is 21.2. The molecule has 0 fully saturated rings. The van der Waals surface area contributed by atoms with Crippen molar-refractivity contribution in [1.82, 2.24) is 9.97 Å². The van der Waals surface area contributed by atoms with Gasteiger partial charge in [0.25, 0.3) is 0 Å². The standard InChI is InChI=1S/C52H35N3Si/c1-5-19-36(20-6-1)45-35-46(37-21-7-2-8-22-37)54-52(53-45)44-31-17-29-42-40-27-13-15-33-48(40)56(50(42)44)49-34-16-14-28-41(49)43-30-18-32-47(51(43)56)55(38-23-9-3-10-24-38)39-25-11-4-12-26-39/h1-35H. The zero-order chi connectivity index (χ0) is 37.1. The molecule has 2 aliphatic heterocycles. The summed E-state index contributed by atoms with van der Waals surface area (Å²) in [6.45, 7) is 0. The molecule has 2 aliphatic rings. The Morgan fingerprint density at radius 2 is 0.750 bits per heavy atom. The molecule has 4 heteroatoms. The number of rotatable bonds is 6. The van der Waals surface area contributed by atoms with Crippen LogP contribution in [-0.4, -0.2) is 18.0 Å². The van der Waals surface area contributed by atoms with Gasteiger partial charge in [-0.3, -0.25) is 0 Å². The molecule has 0 amide bonds. The average molecular weight is 730 g/mol. The van der Waals surface area contributed by atoms with Gasteiger partial charge in [0.05, 0.1) is 11.4 Å². The summed E-state index contributed by atoms with van der Waals surface area (Å²) in [5, 5.41) is 5.56. The highest BCUT2D eigenvalue weighted by Crippen LogP contribution is 2.43. The van der Waals surface area contributed by atoms with Crippen LogP contribution < -0.4 is 25.6 Å². The van der Waals surface area contributed by atoms with Crippen molar-refractivity contribution in [2.75, 3.05) is 4.90 Å².